The van der Waals surface area contributed by atoms with Crippen LogP contribution in [0.3, 0.4) is 0 Å². The Balaban J connectivity index is 0.00000208. The summed E-state index contributed by atoms with van der Waals surface area (Å²) < 4.78 is 5.42. The third-order valence-corrected chi connectivity index (χ3v) is 5.42. The molecule has 130 valence electrons. The molecule has 1 fully saturated rings. The largest absolute Gasteiger partial charge is 0.495 e. The molecule has 6 heteroatoms. The van der Waals surface area contributed by atoms with Crippen molar-refractivity contribution in [1.29, 1.82) is 0 Å². The van der Waals surface area contributed by atoms with E-state index in [0.29, 0.717) is 16.7 Å². The number of nitrogens with one attached hydrogen (secondary N) is 2. The Morgan fingerprint density at radius 1 is 1.33 bits per heavy atom. The fourth-order valence-electron chi connectivity index (χ4n) is 2.90. The maximum Gasteiger partial charge on any atom is 0.265 e. The van der Waals surface area contributed by atoms with Gasteiger partial charge in [0.15, 0.2) is 0 Å². The minimum Gasteiger partial charge on any atom is -0.495 e. The molecule has 2 atom stereocenters. The minimum atomic E-state index is -0.0467. The summed E-state index contributed by atoms with van der Waals surface area (Å²) in [6, 6.07) is 12.5. The van der Waals surface area contributed by atoms with E-state index in [4.69, 9.17) is 4.74 Å². The normalized spacial score (nSPS) is 20.1. The van der Waals surface area contributed by atoms with Crippen LogP contribution < -0.4 is 15.4 Å². The third-order valence-electron chi connectivity index (χ3n) is 4.26. The number of rotatable bonds is 4. The Morgan fingerprint density at radius 2 is 2.08 bits per heavy atom. The number of thiophene rings is 1. The van der Waals surface area contributed by atoms with Crippen LogP contribution in [0.25, 0.3) is 10.4 Å². The first-order valence-electron chi connectivity index (χ1n) is 7.96. The van der Waals surface area contributed by atoms with Crippen LogP contribution in [0.1, 0.15) is 29.4 Å². The van der Waals surface area contributed by atoms with Crippen LogP contribution in [0, 0.1) is 0 Å². The molecular formula is C18H23ClN2O2S. The summed E-state index contributed by atoms with van der Waals surface area (Å²) in [6.07, 6.45) is 2.10. The van der Waals surface area contributed by atoms with Crippen molar-refractivity contribution in [3.05, 3.63) is 41.3 Å². The molecule has 2 N–H and O–H groups in total. The Bertz CT molecular complexity index is 675. The molecule has 0 bridgehead atoms. The van der Waals surface area contributed by atoms with Gasteiger partial charge >= 0.3 is 0 Å². The first kappa shape index (κ1) is 18.8. The maximum absolute atomic E-state index is 12.7. The van der Waals surface area contributed by atoms with Gasteiger partial charge in [0.25, 0.3) is 5.91 Å². The Morgan fingerprint density at radius 3 is 2.75 bits per heavy atom. The van der Waals surface area contributed by atoms with Gasteiger partial charge in [-0.3, -0.25) is 4.79 Å². The molecule has 0 spiro atoms. The number of halogens is 1. The van der Waals surface area contributed by atoms with Gasteiger partial charge in [-0.2, -0.15) is 0 Å². The molecule has 2 aromatic rings. The minimum absolute atomic E-state index is 0. The van der Waals surface area contributed by atoms with E-state index in [0.717, 1.165) is 29.8 Å². The average molecular weight is 367 g/mol. The van der Waals surface area contributed by atoms with Crippen molar-refractivity contribution in [3.8, 4) is 16.2 Å². The number of benzene rings is 1. The number of hydrogen-bond donors (Lipinski definition) is 2. The monoisotopic (exact) mass is 366 g/mol. The Kier molecular flexibility index (Phi) is 6.66. The summed E-state index contributed by atoms with van der Waals surface area (Å²) in [5.41, 5.74) is 1.10. The molecular weight excluding hydrogens is 344 g/mol. The molecule has 24 heavy (non-hydrogen) atoms. The highest BCUT2D eigenvalue weighted by atomic mass is 35.5. The van der Waals surface area contributed by atoms with Crippen LogP contribution in [-0.4, -0.2) is 31.6 Å². The van der Waals surface area contributed by atoms with Gasteiger partial charge in [-0.05, 0) is 37.9 Å². The molecule has 3 rings (SSSR count). The predicted octanol–water partition coefficient (Wildman–Crippen LogP) is 3.72. The zero-order chi connectivity index (χ0) is 16.2. The van der Waals surface area contributed by atoms with E-state index in [1.807, 2.05) is 36.4 Å². The van der Waals surface area contributed by atoms with Crippen LogP contribution in [0.5, 0.6) is 5.75 Å². The highest BCUT2D eigenvalue weighted by molar-refractivity contribution is 7.17. The molecule has 1 aromatic carbocycles. The van der Waals surface area contributed by atoms with Gasteiger partial charge in [-0.25, -0.2) is 0 Å². The lowest BCUT2D eigenvalue weighted by Gasteiger charge is -2.30. The number of piperidine rings is 1. The van der Waals surface area contributed by atoms with Crippen molar-refractivity contribution in [2.24, 2.45) is 0 Å². The van der Waals surface area contributed by atoms with Crippen LogP contribution in [0.2, 0.25) is 0 Å². The number of methoxy groups -OCH3 is 1. The molecule has 2 unspecified atom stereocenters. The summed E-state index contributed by atoms with van der Waals surface area (Å²) in [6.45, 7) is 3.14. The molecule has 2 heterocycles. The second kappa shape index (κ2) is 8.51. The second-order valence-electron chi connectivity index (χ2n) is 5.84. The third kappa shape index (κ3) is 4.09. The zero-order valence-corrected chi connectivity index (χ0v) is 15.5. The highest BCUT2D eigenvalue weighted by Crippen LogP contribution is 2.36. The zero-order valence-electron chi connectivity index (χ0n) is 13.9. The summed E-state index contributed by atoms with van der Waals surface area (Å²) in [5.74, 6) is 0.595. The number of hydrogen-bond acceptors (Lipinski definition) is 4. The van der Waals surface area contributed by atoms with Crippen molar-refractivity contribution in [2.75, 3.05) is 13.7 Å². The molecule has 1 amide bonds. The van der Waals surface area contributed by atoms with Crippen molar-refractivity contribution in [3.63, 3.8) is 0 Å². The quantitative estimate of drug-likeness (QED) is 0.867. The molecule has 1 aliphatic rings. The van der Waals surface area contributed by atoms with E-state index in [1.165, 1.54) is 11.3 Å². The first-order chi connectivity index (χ1) is 11.2. The van der Waals surface area contributed by atoms with Crippen molar-refractivity contribution in [2.45, 2.75) is 31.8 Å². The molecule has 0 radical (unpaired) electrons. The summed E-state index contributed by atoms with van der Waals surface area (Å²) in [5, 5.41) is 6.56. The van der Waals surface area contributed by atoms with Gasteiger partial charge in [0.2, 0.25) is 0 Å². The fourth-order valence-corrected chi connectivity index (χ4v) is 3.94. The topological polar surface area (TPSA) is 50.4 Å². The second-order valence-corrected chi connectivity index (χ2v) is 6.89. The van der Waals surface area contributed by atoms with Gasteiger partial charge in [-0.15, -0.1) is 23.7 Å². The fraction of sp³-hybridized carbons (Fsp3) is 0.389. The van der Waals surface area contributed by atoms with E-state index < -0.39 is 0 Å². The predicted molar refractivity (Wildman–Crippen MR) is 102 cm³/mol. The van der Waals surface area contributed by atoms with Gasteiger partial charge < -0.3 is 15.4 Å². The molecule has 0 aliphatic carbocycles. The molecule has 1 aliphatic heterocycles. The lowest BCUT2D eigenvalue weighted by molar-refractivity contribution is 0.0921. The van der Waals surface area contributed by atoms with E-state index in [2.05, 4.69) is 17.6 Å². The van der Waals surface area contributed by atoms with Gasteiger partial charge in [-0.1, -0.05) is 30.3 Å². The molecule has 4 nitrogen and oxygen atoms in total. The van der Waals surface area contributed by atoms with E-state index in [9.17, 15) is 4.79 Å². The molecule has 1 saturated heterocycles. The van der Waals surface area contributed by atoms with Crippen molar-refractivity contribution >= 4 is 29.7 Å². The van der Waals surface area contributed by atoms with Gasteiger partial charge in [0.1, 0.15) is 10.6 Å². The SMILES string of the molecule is COc1cc(-c2ccccc2)sc1C(=O)NC1CCCNC1C.Cl. The summed E-state index contributed by atoms with van der Waals surface area (Å²) in [4.78, 5) is 14.4. The highest BCUT2D eigenvalue weighted by Gasteiger charge is 2.25. The van der Waals surface area contributed by atoms with Gasteiger partial charge in [0, 0.05) is 17.0 Å². The maximum atomic E-state index is 12.7. The number of carbonyl (C=O) groups is 1. The van der Waals surface area contributed by atoms with E-state index in [-0.39, 0.29) is 24.4 Å². The lowest BCUT2D eigenvalue weighted by Crippen LogP contribution is -2.51. The number of carbonyl (C=O) groups excluding carboxylic acids is 1. The van der Waals surface area contributed by atoms with Crippen molar-refractivity contribution in [1.82, 2.24) is 10.6 Å². The van der Waals surface area contributed by atoms with Crippen LogP contribution in [0.15, 0.2) is 36.4 Å². The van der Waals surface area contributed by atoms with E-state index in [1.54, 1.807) is 7.11 Å². The van der Waals surface area contributed by atoms with Crippen LogP contribution in [-0.2, 0) is 0 Å². The summed E-state index contributed by atoms with van der Waals surface area (Å²) >= 11 is 1.48. The van der Waals surface area contributed by atoms with Crippen LogP contribution >= 0.6 is 23.7 Å². The smallest absolute Gasteiger partial charge is 0.265 e. The standard InChI is InChI=1S/C18H22N2O2S.ClH/c1-12-14(9-6-10-19-12)20-18(21)17-15(22-2)11-16(23-17)13-7-4-3-5-8-13;/h3-5,7-8,11-12,14,19H,6,9-10H2,1-2H3,(H,20,21);1H. The van der Waals surface area contributed by atoms with Crippen LogP contribution in [0.4, 0.5) is 0 Å². The van der Waals surface area contributed by atoms with Crippen molar-refractivity contribution < 1.29 is 9.53 Å². The number of ether oxygens (including phenoxy) is 1. The Hall–Kier alpha value is -1.56. The molecule has 1 aromatic heterocycles. The van der Waals surface area contributed by atoms with Gasteiger partial charge in [0.05, 0.1) is 7.11 Å². The Labute approximate surface area is 153 Å². The average Bonchev–Trinajstić information content (AvgIpc) is 3.02. The van der Waals surface area contributed by atoms with E-state index >= 15 is 0 Å². The summed E-state index contributed by atoms with van der Waals surface area (Å²) in [7, 11) is 1.61. The molecule has 0 saturated carbocycles. The lowest BCUT2D eigenvalue weighted by atomic mass is 10.00. The first-order valence-corrected chi connectivity index (χ1v) is 8.78. The number of amides is 1.